The van der Waals surface area contributed by atoms with Crippen LogP contribution in [-0.4, -0.2) is 26.0 Å². The summed E-state index contributed by atoms with van der Waals surface area (Å²) in [4.78, 5) is 26.2. The largest absolute Gasteiger partial charge is 0.493 e. The maximum atomic E-state index is 13.4. The minimum Gasteiger partial charge on any atom is -0.493 e. The zero-order chi connectivity index (χ0) is 19.0. The predicted molar refractivity (Wildman–Crippen MR) is 96.2 cm³/mol. The molecule has 5 nitrogen and oxygen atoms in total. The SMILES string of the molecule is COc1ccc(C2=C(Cl)C(=O)N(c3ccc(F)c(Cl)c3)C2=O)cc1OC. The van der Waals surface area contributed by atoms with Crippen molar-refractivity contribution in [1.82, 2.24) is 0 Å². The molecule has 2 amide bonds. The second-order valence-corrected chi connectivity index (χ2v) is 6.09. The van der Waals surface area contributed by atoms with Crippen molar-refractivity contribution in [2.75, 3.05) is 19.1 Å². The van der Waals surface area contributed by atoms with E-state index in [9.17, 15) is 14.0 Å². The van der Waals surface area contributed by atoms with Crippen molar-refractivity contribution in [3.05, 3.63) is 57.8 Å². The van der Waals surface area contributed by atoms with Crippen molar-refractivity contribution in [2.24, 2.45) is 0 Å². The van der Waals surface area contributed by atoms with Gasteiger partial charge in [-0.25, -0.2) is 9.29 Å². The molecule has 0 N–H and O–H groups in total. The monoisotopic (exact) mass is 395 g/mol. The number of ether oxygens (including phenoxy) is 2. The Morgan fingerprint density at radius 1 is 0.923 bits per heavy atom. The fourth-order valence-electron chi connectivity index (χ4n) is 2.60. The van der Waals surface area contributed by atoms with Gasteiger partial charge in [-0.3, -0.25) is 9.59 Å². The van der Waals surface area contributed by atoms with Crippen LogP contribution < -0.4 is 14.4 Å². The summed E-state index contributed by atoms with van der Waals surface area (Å²) in [5.74, 6) is -1.18. The molecule has 0 atom stereocenters. The third kappa shape index (κ3) is 2.91. The second kappa shape index (κ2) is 6.97. The predicted octanol–water partition coefficient (Wildman–Crippen LogP) is 4.02. The summed E-state index contributed by atoms with van der Waals surface area (Å²) in [6, 6.07) is 8.27. The number of halogens is 3. The molecule has 0 radical (unpaired) electrons. The fourth-order valence-corrected chi connectivity index (χ4v) is 3.05. The van der Waals surface area contributed by atoms with Gasteiger partial charge in [-0.1, -0.05) is 29.3 Å². The van der Waals surface area contributed by atoms with E-state index >= 15 is 0 Å². The molecule has 0 bridgehead atoms. The molecule has 2 aromatic carbocycles. The van der Waals surface area contributed by atoms with Crippen LogP contribution in [0.4, 0.5) is 10.1 Å². The molecule has 0 saturated carbocycles. The van der Waals surface area contributed by atoms with E-state index < -0.39 is 17.6 Å². The summed E-state index contributed by atoms with van der Waals surface area (Å²) in [6.45, 7) is 0. The van der Waals surface area contributed by atoms with Gasteiger partial charge >= 0.3 is 0 Å². The fraction of sp³-hybridized carbons (Fsp3) is 0.111. The van der Waals surface area contributed by atoms with Gasteiger partial charge in [0.05, 0.1) is 30.5 Å². The average Bonchev–Trinajstić information content (AvgIpc) is 2.86. The Hall–Kier alpha value is -2.57. The number of nitrogens with zero attached hydrogens (tertiary/aromatic N) is 1. The lowest BCUT2D eigenvalue weighted by Gasteiger charge is -2.15. The molecule has 1 heterocycles. The molecule has 0 fully saturated rings. The Labute approximate surface area is 158 Å². The third-order valence-electron chi connectivity index (χ3n) is 3.86. The van der Waals surface area contributed by atoms with E-state index in [0.29, 0.717) is 17.1 Å². The van der Waals surface area contributed by atoms with Crippen LogP contribution in [0.5, 0.6) is 11.5 Å². The first kappa shape index (κ1) is 18.2. The number of amides is 2. The van der Waals surface area contributed by atoms with E-state index in [1.807, 2.05) is 0 Å². The summed E-state index contributed by atoms with van der Waals surface area (Å²) in [5.41, 5.74) is 0.528. The molecule has 0 saturated heterocycles. The Kier molecular flexibility index (Phi) is 4.89. The molecule has 3 rings (SSSR count). The highest BCUT2D eigenvalue weighted by atomic mass is 35.5. The summed E-state index contributed by atoms with van der Waals surface area (Å²) < 4.78 is 23.7. The lowest BCUT2D eigenvalue weighted by Crippen LogP contribution is -2.31. The van der Waals surface area contributed by atoms with Gasteiger partial charge in [0, 0.05) is 0 Å². The molecule has 2 aromatic rings. The lowest BCUT2D eigenvalue weighted by atomic mass is 10.1. The first-order valence-corrected chi connectivity index (χ1v) is 8.10. The lowest BCUT2D eigenvalue weighted by molar-refractivity contribution is -0.119. The number of carbonyl (C=O) groups is 2. The van der Waals surface area contributed by atoms with Gasteiger partial charge in [-0.2, -0.15) is 0 Å². The molecular weight excluding hydrogens is 384 g/mol. The average molecular weight is 396 g/mol. The van der Waals surface area contributed by atoms with Crippen LogP contribution in [0.3, 0.4) is 0 Å². The first-order valence-electron chi connectivity index (χ1n) is 7.35. The highest BCUT2D eigenvalue weighted by Crippen LogP contribution is 2.38. The summed E-state index contributed by atoms with van der Waals surface area (Å²) in [5, 5.41) is -0.457. The molecule has 0 unspecified atom stereocenters. The molecule has 26 heavy (non-hydrogen) atoms. The van der Waals surface area contributed by atoms with Crippen LogP contribution in [0.25, 0.3) is 5.57 Å². The van der Waals surface area contributed by atoms with Crippen LogP contribution in [-0.2, 0) is 9.59 Å². The van der Waals surface area contributed by atoms with Crippen molar-refractivity contribution in [3.8, 4) is 11.5 Å². The number of imide groups is 1. The smallest absolute Gasteiger partial charge is 0.277 e. The van der Waals surface area contributed by atoms with Crippen molar-refractivity contribution >= 4 is 46.3 Å². The Bertz CT molecular complexity index is 958. The van der Waals surface area contributed by atoms with Gasteiger partial charge in [0.1, 0.15) is 10.8 Å². The van der Waals surface area contributed by atoms with Crippen molar-refractivity contribution in [3.63, 3.8) is 0 Å². The number of hydrogen-bond donors (Lipinski definition) is 0. The minimum atomic E-state index is -0.718. The van der Waals surface area contributed by atoms with Gasteiger partial charge < -0.3 is 9.47 Å². The summed E-state index contributed by atoms with van der Waals surface area (Å²) in [6.07, 6.45) is 0. The van der Waals surface area contributed by atoms with Crippen LogP contribution in [0.2, 0.25) is 5.02 Å². The van der Waals surface area contributed by atoms with Gasteiger partial charge in [0.2, 0.25) is 0 Å². The van der Waals surface area contributed by atoms with E-state index in [4.69, 9.17) is 32.7 Å². The molecule has 134 valence electrons. The molecular formula is C18H12Cl2FNO4. The highest BCUT2D eigenvalue weighted by Gasteiger charge is 2.39. The second-order valence-electron chi connectivity index (χ2n) is 5.30. The number of anilines is 1. The van der Waals surface area contributed by atoms with Crippen molar-refractivity contribution in [2.45, 2.75) is 0 Å². The van der Waals surface area contributed by atoms with Crippen LogP contribution in [0.15, 0.2) is 41.4 Å². The molecule has 1 aliphatic rings. The topological polar surface area (TPSA) is 55.8 Å². The standard InChI is InChI=1S/C18H12Cl2FNO4/c1-25-13-6-3-9(7-14(13)26-2)15-16(20)18(24)22(17(15)23)10-4-5-12(21)11(19)8-10/h3-8H,1-2H3. The van der Waals surface area contributed by atoms with Gasteiger partial charge in [0.25, 0.3) is 11.8 Å². The third-order valence-corrected chi connectivity index (χ3v) is 4.50. The van der Waals surface area contributed by atoms with Crippen LogP contribution in [0, 0.1) is 5.82 Å². The molecule has 0 aromatic heterocycles. The van der Waals surface area contributed by atoms with E-state index in [-0.39, 0.29) is 21.3 Å². The normalized spacial score (nSPS) is 14.3. The van der Waals surface area contributed by atoms with Crippen molar-refractivity contribution < 1.29 is 23.5 Å². The maximum absolute atomic E-state index is 13.4. The highest BCUT2D eigenvalue weighted by molar-refractivity contribution is 6.60. The van der Waals surface area contributed by atoms with Gasteiger partial charge in [0.15, 0.2) is 11.5 Å². The number of methoxy groups -OCH3 is 2. The van der Waals surface area contributed by atoms with Gasteiger partial charge in [-0.15, -0.1) is 0 Å². The van der Waals surface area contributed by atoms with Gasteiger partial charge in [-0.05, 0) is 35.9 Å². The number of rotatable bonds is 4. The zero-order valence-corrected chi connectivity index (χ0v) is 15.2. The van der Waals surface area contributed by atoms with Crippen LogP contribution >= 0.6 is 23.2 Å². The van der Waals surface area contributed by atoms with Crippen molar-refractivity contribution in [1.29, 1.82) is 0 Å². The van der Waals surface area contributed by atoms with E-state index in [0.717, 1.165) is 11.0 Å². The summed E-state index contributed by atoms with van der Waals surface area (Å²) >= 11 is 11.9. The Balaban J connectivity index is 2.05. The van der Waals surface area contributed by atoms with E-state index in [1.165, 1.54) is 26.4 Å². The zero-order valence-electron chi connectivity index (χ0n) is 13.7. The van der Waals surface area contributed by atoms with Crippen LogP contribution in [0.1, 0.15) is 5.56 Å². The molecule has 0 spiro atoms. The molecule has 0 aliphatic carbocycles. The Morgan fingerprint density at radius 3 is 2.23 bits per heavy atom. The summed E-state index contributed by atoms with van der Waals surface area (Å²) in [7, 11) is 2.93. The maximum Gasteiger partial charge on any atom is 0.277 e. The quantitative estimate of drug-likeness (QED) is 0.733. The number of benzene rings is 2. The first-order chi connectivity index (χ1) is 12.4. The van der Waals surface area contributed by atoms with E-state index in [1.54, 1.807) is 18.2 Å². The molecule has 1 aliphatic heterocycles. The number of hydrogen-bond acceptors (Lipinski definition) is 4. The minimum absolute atomic E-state index is 0.0121. The number of carbonyl (C=O) groups excluding carboxylic acids is 2. The van der Waals surface area contributed by atoms with E-state index in [2.05, 4.69) is 0 Å². The molecule has 8 heteroatoms. The Morgan fingerprint density at radius 2 is 1.62 bits per heavy atom.